The van der Waals surface area contributed by atoms with Crippen LogP contribution >= 0.6 is 11.3 Å². The summed E-state index contributed by atoms with van der Waals surface area (Å²) in [7, 11) is 0. The fraction of sp³-hybridized carbons (Fsp3) is 0.261. The van der Waals surface area contributed by atoms with Crippen LogP contribution in [0.2, 0.25) is 0 Å². The highest BCUT2D eigenvalue weighted by Gasteiger charge is 2.32. The third kappa shape index (κ3) is 3.74. The lowest BCUT2D eigenvalue weighted by molar-refractivity contribution is -0.125. The normalized spacial score (nSPS) is 15.6. The maximum Gasteiger partial charge on any atom is 0.268 e. The number of anilines is 1. The molecule has 6 heteroatoms. The van der Waals surface area contributed by atoms with Gasteiger partial charge >= 0.3 is 0 Å². The first-order valence-electron chi connectivity index (χ1n) is 9.65. The number of hydrogen-bond acceptors (Lipinski definition) is 5. The molecule has 29 heavy (non-hydrogen) atoms. The first-order valence-corrected chi connectivity index (χ1v) is 10.5. The van der Waals surface area contributed by atoms with E-state index in [2.05, 4.69) is 18.4 Å². The van der Waals surface area contributed by atoms with Gasteiger partial charge in [-0.25, -0.2) is 4.98 Å². The number of ether oxygens (including phenoxy) is 1. The van der Waals surface area contributed by atoms with Gasteiger partial charge in [-0.1, -0.05) is 25.1 Å². The average Bonchev–Trinajstić information content (AvgIpc) is 3.20. The van der Waals surface area contributed by atoms with Crippen LogP contribution in [0.4, 0.5) is 5.69 Å². The van der Waals surface area contributed by atoms with E-state index in [1.54, 1.807) is 29.2 Å². The van der Waals surface area contributed by atoms with Gasteiger partial charge in [0.2, 0.25) is 0 Å². The molecule has 3 aromatic rings. The number of fused-ring (bicyclic) bond motifs is 1. The maximum atomic E-state index is 12.9. The zero-order chi connectivity index (χ0) is 20.4. The summed E-state index contributed by atoms with van der Waals surface area (Å²) in [5.41, 5.74) is 3.95. The Balaban J connectivity index is 1.73. The fourth-order valence-corrected chi connectivity index (χ4v) is 4.35. The molecule has 2 heterocycles. The number of nitriles is 1. The van der Waals surface area contributed by atoms with Crippen molar-refractivity contribution in [2.75, 3.05) is 4.90 Å². The van der Waals surface area contributed by atoms with Crippen molar-refractivity contribution in [1.29, 1.82) is 5.26 Å². The molecule has 2 aromatic carbocycles. The number of thiazole rings is 1. The Hall–Kier alpha value is -3.17. The van der Waals surface area contributed by atoms with Crippen LogP contribution in [0.25, 0.3) is 11.3 Å². The molecule has 0 fully saturated rings. The lowest BCUT2D eigenvalue weighted by atomic mass is 10.0. The second kappa shape index (κ2) is 8.06. The molecule has 1 aliphatic rings. The summed E-state index contributed by atoms with van der Waals surface area (Å²) < 4.78 is 5.83. The number of amides is 1. The quantitative estimate of drug-likeness (QED) is 0.605. The van der Waals surface area contributed by atoms with E-state index < -0.39 is 6.10 Å². The van der Waals surface area contributed by atoms with E-state index in [-0.39, 0.29) is 5.91 Å². The number of rotatable bonds is 5. The number of carbonyl (C=O) groups excluding carboxylic acids is 1. The van der Waals surface area contributed by atoms with Crippen LogP contribution in [-0.4, -0.2) is 17.0 Å². The Morgan fingerprint density at radius 3 is 2.90 bits per heavy atom. The smallest absolute Gasteiger partial charge is 0.268 e. The van der Waals surface area contributed by atoms with Gasteiger partial charge in [-0.3, -0.25) is 4.79 Å². The van der Waals surface area contributed by atoms with Crippen LogP contribution in [0.3, 0.4) is 0 Å². The van der Waals surface area contributed by atoms with Gasteiger partial charge in [0.1, 0.15) is 5.75 Å². The Bertz CT molecular complexity index is 1100. The van der Waals surface area contributed by atoms with Gasteiger partial charge in [0, 0.05) is 10.9 Å². The Morgan fingerprint density at radius 1 is 1.28 bits per heavy atom. The second-order valence-electron chi connectivity index (χ2n) is 7.01. The van der Waals surface area contributed by atoms with Crippen LogP contribution < -0.4 is 9.64 Å². The molecule has 0 saturated heterocycles. The highest BCUT2D eigenvalue weighted by molar-refractivity contribution is 7.09. The number of aryl methyl sites for hydroxylation is 1. The predicted octanol–water partition coefficient (Wildman–Crippen LogP) is 4.95. The molecule has 1 unspecified atom stereocenters. The Morgan fingerprint density at radius 2 is 2.10 bits per heavy atom. The Labute approximate surface area is 174 Å². The molecule has 0 radical (unpaired) electrons. The monoisotopic (exact) mass is 403 g/mol. The van der Waals surface area contributed by atoms with Crippen molar-refractivity contribution < 1.29 is 9.53 Å². The first-order chi connectivity index (χ1) is 14.1. The summed E-state index contributed by atoms with van der Waals surface area (Å²) in [6.07, 6.45) is 1.45. The summed E-state index contributed by atoms with van der Waals surface area (Å²) in [4.78, 5) is 19.4. The van der Waals surface area contributed by atoms with Crippen LogP contribution in [-0.2, 0) is 17.8 Å². The van der Waals surface area contributed by atoms with Gasteiger partial charge in [0.05, 0.1) is 34.6 Å². The van der Waals surface area contributed by atoms with Crippen LogP contribution in [0, 0.1) is 11.3 Å². The van der Waals surface area contributed by atoms with E-state index in [4.69, 9.17) is 9.72 Å². The molecule has 0 aliphatic carbocycles. The van der Waals surface area contributed by atoms with Crippen molar-refractivity contribution >= 4 is 22.9 Å². The fourth-order valence-electron chi connectivity index (χ4n) is 3.44. The molecule has 5 nitrogen and oxygen atoms in total. The molecule has 1 aliphatic heterocycles. The number of carbonyl (C=O) groups is 1. The topological polar surface area (TPSA) is 66.2 Å². The summed E-state index contributed by atoms with van der Waals surface area (Å²) in [6.45, 7) is 4.21. The van der Waals surface area contributed by atoms with E-state index in [1.165, 1.54) is 0 Å². The Kier molecular flexibility index (Phi) is 5.32. The number of benzene rings is 2. The summed E-state index contributed by atoms with van der Waals surface area (Å²) >= 11 is 1.66. The summed E-state index contributed by atoms with van der Waals surface area (Å²) in [5.74, 6) is 0.548. The first kappa shape index (κ1) is 19.2. The van der Waals surface area contributed by atoms with E-state index in [9.17, 15) is 10.1 Å². The third-order valence-electron chi connectivity index (χ3n) is 4.94. The minimum atomic E-state index is -0.571. The highest BCUT2D eigenvalue weighted by atomic mass is 32.1. The molecule has 0 saturated carbocycles. The van der Waals surface area contributed by atoms with Gasteiger partial charge in [-0.2, -0.15) is 5.26 Å². The number of hydrogen-bond donors (Lipinski definition) is 0. The van der Waals surface area contributed by atoms with E-state index in [0.717, 1.165) is 34.7 Å². The van der Waals surface area contributed by atoms with Crippen molar-refractivity contribution in [2.24, 2.45) is 0 Å². The summed E-state index contributed by atoms with van der Waals surface area (Å²) in [5, 5.41) is 12.6. The number of aromatic nitrogens is 1. The molecular formula is C23H21N3O2S. The molecule has 0 spiro atoms. The standard InChI is InChI=1S/C23H21N3O2S/c1-3-6-22-25-19(14-29-22)16-9-10-21-20(11-16)26(23(27)15(2)28-21)13-18-8-5-4-7-17(18)12-24/h4-5,7-11,14-15H,3,6,13H2,1-2H3. The summed E-state index contributed by atoms with van der Waals surface area (Å²) in [6, 6.07) is 15.4. The molecule has 146 valence electrons. The van der Waals surface area contributed by atoms with Crippen LogP contribution in [0.1, 0.15) is 36.4 Å². The molecule has 1 aromatic heterocycles. The van der Waals surface area contributed by atoms with Gasteiger partial charge in [-0.15, -0.1) is 11.3 Å². The maximum absolute atomic E-state index is 12.9. The van der Waals surface area contributed by atoms with Gasteiger partial charge in [-0.05, 0) is 49.6 Å². The average molecular weight is 404 g/mol. The molecule has 1 atom stereocenters. The largest absolute Gasteiger partial charge is 0.479 e. The minimum absolute atomic E-state index is 0.118. The minimum Gasteiger partial charge on any atom is -0.479 e. The molecule has 1 amide bonds. The van der Waals surface area contributed by atoms with E-state index >= 15 is 0 Å². The van der Waals surface area contributed by atoms with Crippen molar-refractivity contribution in [2.45, 2.75) is 39.3 Å². The number of nitrogens with zero attached hydrogens (tertiary/aromatic N) is 3. The van der Waals surface area contributed by atoms with Crippen LogP contribution in [0.15, 0.2) is 47.8 Å². The van der Waals surface area contributed by atoms with Gasteiger partial charge in [0.15, 0.2) is 6.10 Å². The zero-order valence-corrected chi connectivity index (χ0v) is 17.2. The molecule has 0 bridgehead atoms. The lowest BCUT2D eigenvalue weighted by Gasteiger charge is -2.33. The van der Waals surface area contributed by atoms with Crippen LogP contribution in [0.5, 0.6) is 5.75 Å². The molecular weight excluding hydrogens is 382 g/mol. The van der Waals surface area contributed by atoms with Crippen molar-refractivity contribution in [3.63, 3.8) is 0 Å². The van der Waals surface area contributed by atoms with Gasteiger partial charge < -0.3 is 9.64 Å². The van der Waals surface area contributed by atoms with E-state index in [1.807, 2.05) is 36.4 Å². The highest BCUT2D eigenvalue weighted by Crippen LogP contribution is 2.38. The zero-order valence-electron chi connectivity index (χ0n) is 16.4. The lowest BCUT2D eigenvalue weighted by Crippen LogP contribution is -2.44. The molecule has 4 rings (SSSR count). The van der Waals surface area contributed by atoms with Crippen molar-refractivity contribution in [1.82, 2.24) is 4.98 Å². The van der Waals surface area contributed by atoms with E-state index in [0.29, 0.717) is 23.5 Å². The van der Waals surface area contributed by atoms with Crippen molar-refractivity contribution in [3.8, 4) is 23.1 Å². The SMILES string of the molecule is CCCc1nc(-c2ccc3c(c2)N(Cc2ccccc2C#N)C(=O)C(C)O3)cs1. The third-order valence-corrected chi connectivity index (χ3v) is 5.85. The second-order valence-corrected chi connectivity index (χ2v) is 7.96. The van der Waals surface area contributed by atoms with Crippen molar-refractivity contribution in [3.05, 3.63) is 64.0 Å². The van der Waals surface area contributed by atoms with Gasteiger partial charge in [0.25, 0.3) is 5.91 Å². The predicted molar refractivity (Wildman–Crippen MR) is 114 cm³/mol. The molecule has 0 N–H and O–H groups in total.